The summed E-state index contributed by atoms with van der Waals surface area (Å²) in [5.41, 5.74) is 0. The average Bonchev–Trinajstić information content (AvgIpc) is 2.79. The minimum Gasteiger partial charge on any atom is -0.378 e. The molecule has 0 aromatic carbocycles. The van der Waals surface area contributed by atoms with Gasteiger partial charge in [0.05, 0.1) is 12.6 Å². The standard InChI is InChI=1S/C15H28N2O2/c18-15(17-13-6-3-1-2-4-7-13)12-16-10-9-14-8-5-11-19-14/h13-14,16H,1-12H2,(H,17,18). The number of hydrogen-bond donors (Lipinski definition) is 2. The van der Waals surface area contributed by atoms with Gasteiger partial charge in [-0.3, -0.25) is 4.79 Å². The molecule has 1 atom stereocenters. The van der Waals surface area contributed by atoms with Crippen LogP contribution >= 0.6 is 0 Å². The van der Waals surface area contributed by atoms with E-state index in [2.05, 4.69) is 10.6 Å². The van der Waals surface area contributed by atoms with Crippen molar-refractivity contribution in [2.24, 2.45) is 0 Å². The fourth-order valence-corrected chi connectivity index (χ4v) is 3.04. The summed E-state index contributed by atoms with van der Waals surface area (Å²) < 4.78 is 5.55. The van der Waals surface area contributed by atoms with Crippen molar-refractivity contribution in [3.05, 3.63) is 0 Å². The maximum Gasteiger partial charge on any atom is 0.234 e. The Morgan fingerprint density at radius 2 is 1.84 bits per heavy atom. The topological polar surface area (TPSA) is 50.4 Å². The third-order valence-electron chi connectivity index (χ3n) is 4.17. The number of ether oxygens (including phenoxy) is 1. The molecule has 2 N–H and O–H groups in total. The minimum absolute atomic E-state index is 0.152. The van der Waals surface area contributed by atoms with E-state index in [1.54, 1.807) is 0 Å². The summed E-state index contributed by atoms with van der Waals surface area (Å²) in [4.78, 5) is 11.8. The monoisotopic (exact) mass is 268 g/mol. The number of carbonyl (C=O) groups is 1. The highest BCUT2D eigenvalue weighted by molar-refractivity contribution is 5.78. The lowest BCUT2D eigenvalue weighted by Crippen LogP contribution is -2.40. The largest absolute Gasteiger partial charge is 0.378 e. The van der Waals surface area contributed by atoms with Gasteiger partial charge in [0.1, 0.15) is 0 Å². The lowest BCUT2D eigenvalue weighted by molar-refractivity contribution is -0.121. The highest BCUT2D eigenvalue weighted by Gasteiger charge is 2.16. The fraction of sp³-hybridized carbons (Fsp3) is 0.933. The molecule has 19 heavy (non-hydrogen) atoms. The summed E-state index contributed by atoms with van der Waals surface area (Å²) in [6, 6.07) is 0.412. The highest BCUT2D eigenvalue weighted by Crippen LogP contribution is 2.17. The van der Waals surface area contributed by atoms with Gasteiger partial charge < -0.3 is 15.4 Å². The molecule has 2 aliphatic rings. The maximum absolute atomic E-state index is 11.8. The molecule has 0 bridgehead atoms. The zero-order valence-corrected chi connectivity index (χ0v) is 12.0. The van der Waals surface area contributed by atoms with Crippen molar-refractivity contribution >= 4 is 5.91 Å². The van der Waals surface area contributed by atoms with Gasteiger partial charge in [-0.15, -0.1) is 0 Å². The van der Waals surface area contributed by atoms with Gasteiger partial charge in [-0.05, 0) is 38.6 Å². The molecule has 2 fully saturated rings. The first-order valence-corrected chi connectivity index (χ1v) is 7.96. The molecule has 1 saturated heterocycles. The summed E-state index contributed by atoms with van der Waals surface area (Å²) in [5, 5.41) is 6.38. The Kier molecular flexibility index (Phi) is 6.65. The number of rotatable bonds is 6. The van der Waals surface area contributed by atoms with Gasteiger partial charge in [-0.2, -0.15) is 0 Å². The fourth-order valence-electron chi connectivity index (χ4n) is 3.04. The second kappa shape index (κ2) is 8.54. The molecule has 0 aromatic rings. The van der Waals surface area contributed by atoms with E-state index in [0.29, 0.717) is 18.7 Å². The van der Waals surface area contributed by atoms with E-state index in [0.717, 1.165) is 32.4 Å². The smallest absolute Gasteiger partial charge is 0.234 e. The Hall–Kier alpha value is -0.610. The van der Waals surface area contributed by atoms with E-state index in [4.69, 9.17) is 4.74 Å². The van der Waals surface area contributed by atoms with E-state index >= 15 is 0 Å². The normalized spacial score (nSPS) is 25.2. The molecule has 0 aromatic heterocycles. The molecule has 4 nitrogen and oxygen atoms in total. The molecular formula is C15H28N2O2. The van der Waals surface area contributed by atoms with E-state index < -0.39 is 0 Å². The molecule has 1 heterocycles. The first kappa shape index (κ1) is 14.8. The van der Waals surface area contributed by atoms with Crippen LogP contribution in [0.25, 0.3) is 0 Å². The maximum atomic E-state index is 11.8. The Labute approximate surface area is 116 Å². The zero-order chi connectivity index (χ0) is 13.3. The molecule has 1 saturated carbocycles. The first-order valence-electron chi connectivity index (χ1n) is 7.96. The van der Waals surface area contributed by atoms with Crippen molar-refractivity contribution in [2.75, 3.05) is 19.7 Å². The van der Waals surface area contributed by atoms with Crippen LogP contribution < -0.4 is 10.6 Å². The van der Waals surface area contributed by atoms with Gasteiger partial charge in [0.25, 0.3) is 0 Å². The number of hydrogen-bond acceptors (Lipinski definition) is 3. The summed E-state index contributed by atoms with van der Waals surface area (Å²) in [5.74, 6) is 0.152. The average molecular weight is 268 g/mol. The SMILES string of the molecule is O=C(CNCCC1CCCO1)NC1CCCCCC1. The van der Waals surface area contributed by atoms with Crippen molar-refractivity contribution in [2.45, 2.75) is 69.9 Å². The van der Waals surface area contributed by atoms with Crippen molar-refractivity contribution < 1.29 is 9.53 Å². The predicted molar refractivity (Wildman–Crippen MR) is 76.1 cm³/mol. The lowest BCUT2D eigenvalue weighted by Gasteiger charge is -2.16. The molecule has 2 rings (SSSR count). The molecule has 1 unspecified atom stereocenters. The minimum atomic E-state index is 0.152. The van der Waals surface area contributed by atoms with Gasteiger partial charge in [-0.1, -0.05) is 25.7 Å². The Morgan fingerprint density at radius 1 is 1.05 bits per heavy atom. The lowest BCUT2D eigenvalue weighted by atomic mass is 10.1. The van der Waals surface area contributed by atoms with Crippen molar-refractivity contribution in [1.82, 2.24) is 10.6 Å². The second-order valence-electron chi connectivity index (χ2n) is 5.86. The van der Waals surface area contributed by atoms with Crippen molar-refractivity contribution in [3.63, 3.8) is 0 Å². The van der Waals surface area contributed by atoms with E-state index in [-0.39, 0.29) is 5.91 Å². The van der Waals surface area contributed by atoms with Crippen LogP contribution in [0.2, 0.25) is 0 Å². The van der Waals surface area contributed by atoms with E-state index in [1.165, 1.54) is 38.5 Å². The van der Waals surface area contributed by atoms with Crippen LogP contribution in [-0.2, 0) is 9.53 Å². The second-order valence-corrected chi connectivity index (χ2v) is 5.86. The summed E-state index contributed by atoms with van der Waals surface area (Å²) in [7, 11) is 0. The number of carbonyl (C=O) groups excluding carboxylic acids is 1. The van der Waals surface area contributed by atoms with Crippen molar-refractivity contribution in [3.8, 4) is 0 Å². The summed E-state index contributed by atoms with van der Waals surface area (Å²) >= 11 is 0. The number of nitrogens with one attached hydrogen (secondary N) is 2. The Bertz CT molecular complexity index is 257. The van der Waals surface area contributed by atoms with Gasteiger partial charge in [0.15, 0.2) is 0 Å². The van der Waals surface area contributed by atoms with Crippen LogP contribution in [0.4, 0.5) is 0 Å². The van der Waals surface area contributed by atoms with Gasteiger partial charge in [0.2, 0.25) is 5.91 Å². The van der Waals surface area contributed by atoms with Crippen LogP contribution in [0.3, 0.4) is 0 Å². The first-order chi connectivity index (χ1) is 9.34. The predicted octanol–water partition coefficient (Wildman–Crippen LogP) is 1.98. The van der Waals surface area contributed by atoms with Gasteiger partial charge in [0, 0.05) is 12.6 Å². The van der Waals surface area contributed by atoms with Crippen LogP contribution in [0, 0.1) is 0 Å². The van der Waals surface area contributed by atoms with Gasteiger partial charge >= 0.3 is 0 Å². The van der Waals surface area contributed by atoms with E-state index in [1.807, 2.05) is 0 Å². The Balaban J connectivity index is 1.51. The zero-order valence-electron chi connectivity index (χ0n) is 12.0. The summed E-state index contributed by atoms with van der Waals surface area (Å²) in [6.45, 7) is 2.23. The number of amides is 1. The molecular weight excluding hydrogens is 240 g/mol. The van der Waals surface area contributed by atoms with E-state index in [9.17, 15) is 4.79 Å². The van der Waals surface area contributed by atoms with Crippen LogP contribution in [0.1, 0.15) is 57.8 Å². The third-order valence-corrected chi connectivity index (χ3v) is 4.17. The molecule has 0 spiro atoms. The third kappa shape index (κ3) is 5.91. The summed E-state index contributed by atoms with van der Waals surface area (Å²) in [6.07, 6.45) is 11.3. The molecule has 0 radical (unpaired) electrons. The van der Waals surface area contributed by atoms with Crippen LogP contribution in [-0.4, -0.2) is 37.7 Å². The van der Waals surface area contributed by atoms with Crippen LogP contribution in [0.15, 0.2) is 0 Å². The molecule has 1 amide bonds. The van der Waals surface area contributed by atoms with Crippen molar-refractivity contribution in [1.29, 1.82) is 0 Å². The molecule has 1 aliphatic heterocycles. The molecule has 110 valence electrons. The highest BCUT2D eigenvalue weighted by atomic mass is 16.5. The quantitative estimate of drug-likeness (QED) is 0.572. The van der Waals surface area contributed by atoms with Gasteiger partial charge in [-0.25, -0.2) is 0 Å². The molecule has 1 aliphatic carbocycles. The molecule has 4 heteroatoms. The van der Waals surface area contributed by atoms with Crippen LogP contribution in [0.5, 0.6) is 0 Å². The Morgan fingerprint density at radius 3 is 2.53 bits per heavy atom.